The van der Waals surface area contributed by atoms with Gasteiger partial charge in [0, 0.05) is 18.7 Å². The fraction of sp³-hybridized carbons (Fsp3) is 0.333. The zero-order valence-electron chi connectivity index (χ0n) is 14.8. The first-order chi connectivity index (χ1) is 12.1. The highest BCUT2D eigenvalue weighted by Gasteiger charge is 2.11. The van der Waals surface area contributed by atoms with Crippen molar-refractivity contribution in [1.29, 1.82) is 0 Å². The van der Waals surface area contributed by atoms with Crippen molar-refractivity contribution in [2.75, 3.05) is 20.2 Å². The first-order valence-electron chi connectivity index (χ1n) is 8.59. The second kappa shape index (κ2) is 9.70. The Hall–Kier alpha value is -1.91. The third-order valence-corrected chi connectivity index (χ3v) is 4.35. The third kappa shape index (κ3) is 5.55. The van der Waals surface area contributed by atoms with Gasteiger partial charge in [0.05, 0.1) is 6.61 Å². The number of benzene rings is 2. The van der Waals surface area contributed by atoms with E-state index >= 15 is 0 Å². The average Bonchev–Trinajstić information content (AvgIpc) is 2.62. The van der Waals surface area contributed by atoms with Crippen LogP contribution in [0, 0.1) is 0 Å². The molecule has 1 heterocycles. The highest BCUT2D eigenvalue weighted by molar-refractivity contribution is 5.85. The Morgan fingerprint density at radius 3 is 2.65 bits per heavy atom. The van der Waals surface area contributed by atoms with Crippen molar-refractivity contribution < 1.29 is 13.5 Å². The second-order valence-corrected chi connectivity index (χ2v) is 6.46. The van der Waals surface area contributed by atoms with Gasteiger partial charge in [0.25, 0.3) is 6.43 Å². The van der Waals surface area contributed by atoms with Crippen molar-refractivity contribution in [3.8, 4) is 5.75 Å². The standard InChI is InChI=1S/C21H23F2NO.ClH/c1-24(12-2-4-16-6-10-19(11-7-16)21(22)23)15-17-8-9-18-5-3-13-25-20(18)14-17;/h2,4,6-11,14,21H,3,5,12-13,15H2,1H3;1H/b4-2+;. The predicted molar refractivity (Wildman–Crippen MR) is 104 cm³/mol. The average molecular weight is 380 g/mol. The summed E-state index contributed by atoms with van der Waals surface area (Å²) >= 11 is 0. The first kappa shape index (κ1) is 20.4. The molecule has 0 aromatic heterocycles. The molecule has 3 rings (SSSR count). The molecule has 0 fully saturated rings. The Morgan fingerprint density at radius 2 is 1.92 bits per heavy atom. The third-order valence-electron chi connectivity index (χ3n) is 4.35. The molecular weight excluding hydrogens is 356 g/mol. The molecule has 0 amide bonds. The van der Waals surface area contributed by atoms with E-state index in [1.54, 1.807) is 12.1 Å². The van der Waals surface area contributed by atoms with Gasteiger partial charge in [-0.05, 0) is 42.6 Å². The number of ether oxygens (including phenoxy) is 1. The van der Waals surface area contributed by atoms with E-state index < -0.39 is 6.43 Å². The number of rotatable bonds is 6. The van der Waals surface area contributed by atoms with Gasteiger partial charge in [-0.25, -0.2) is 8.78 Å². The molecule has 2 nitrogen and oxygen atoms in total. The molecule has 26 heavy (non-hydrogen) atoms. The van der Waals surface area contributed by atoms with E-state index in [0.717, 1.165) is 43.9 Å². The van der Waals surface area contributed by atoms with Gasteiger partial charge in [-0.15, -0.1) is 12.4 Å². The molecule has 0 atom stereocenters. The van der Waals surface area contributed by atoms with Gasteiger partial charge in [0.2, 0.25) is 0 Å². The van der Waals surface area contributed by atoms with Crippen LogP contribution in [-0.4, -0.2) is 25.1 Å². The summed E-state index contributed by atoms with van der Waals surface area (Å²) < 4.78 is 30.8. The van der Waals surface area contributed by atoms with E-state index in [0.29, 0.717) is 0 Å². The summed E-state index contributed by atoms with van der Waals surface area (Å²) in [5, 5.41) is 0. The molecule has 2 aromatic carbocycles. The van der Waals surface area contributed by atoms with Crippen molar-refractivity contribution in [2.45, 2.75) is 25.8 Å². The van der Waals surface area contributed by atoms with Crippen LogP contribution in [0.5, 0.6) is 5.75 Å². The molecular formula is C21H24ClF2NO. The molecule has 0 bridgehead atoms. The molecule has 1 aliphatic heterocycles. The summed E-state index contributed by atoms with van der Waals surface area (Å²) in [7, 11) is 2.06. The zero-order chi connectivity index (χ0) is 17.6. The van der Waals surface area contributed by atoms with Crippen molar-refractivity contribution in [2.24, 2.45) is 0 Å². The summed E-state index contributed by atoms with van der Waals surface area (Å²) in [6.45, 7) is 2.43. The van der Waals surface area contributed by atoms with Crippen molar-refractivity contribution >= 4 is 18.5 Å². The van der Waals surface area contributed by atoms with Gasteiger partial charge in [-0.1, -0.05) is 48.6 Å². The first-order valence-corrected chi connectivity index (χ1v) is 8.59. The van der Waals surface area contributed by atoms with Gasteiger partial charge < -0.3 is 4.74 Å². The Labute approximate surface area is 159 Å². The fourth-order valence-corrected chi connectivity index (χ4v) is 2.98. The maximum absolute atomic E-state index is 12.5. The molecule has 0 radical (unpaired) electrons. The summed E-state index contributed by atoms with van der Waals surface area (Å²) in [6, 6.07) is 12.9. The van der Waals surface area contributed by atoms with E-state index in [2.05, 4.69) is 30.1 Å². The molecule has 140 valence electrons. The molecule has 2 aromatic rings. The monoisotopic (exact) mass is 379 g/mol. The van der Waals surface area contributed by atoms with Crippen molar-refractivity contribution in [3.05, 3.63) is 70.8 Å². The van der Waals surface area contributed by atoms with E-state index in [1.165, 1.54) is 23.3 Å². The van der Waals surface area contributed by atoms with E-state index in [-0.39, 0.29) is 18.0 Å². The molecule has 0 unspecified atom stereocenters. The van der Waals surface area contributed by atoms with E-state index in [1.807, 2.05) is 12.2 Å². The quantitative estimate of drug-likeness (QED) is 0.655. The van der Waals surface area contributed by atoms with Gasteiger partial charge in [0.1, 0.15) is 5.75 Å². The predicted octanol–water partition coefficient (Wildman–Crippen LogP) is 5.52. The molecule has 0 saturated carbocycles. The summed E-state index contributed by atoms with van der Waals surface area (Å²) in [4.78, 5) is 2.20. The van der Waals surface area contributed by atoms with Crippen LogP contribution in [-0.2, 0) is 13.0 Å². The van der Waals surface area contributed by atoms with Crippen LogP contribution in [0.3, 0.4) is 0 Å². The Bertz CT molecular complexity index is 731. The normalized spacial score (nSPS) is 13.6. The van der Waals surface area contributed by atoms with Gasteiger partial charge in [-0.2, -0.15) is 0 Å². The number of hydrogen-bond acceptors (Lipinski definition) is 2. The van der Waals surface area contributed by atoms with Gasteiger partial charge >= 0.3 is 0 Å². The maximum Gasteiger partial charge on any atom is 0.263 e. The largest absolute Gasteiger partial charge is 0.493 e. The minimum Gasteiger partial charge on any atom is -0.493 e. The molecule has 0 N–H and O–H groups in total. The summed E-state index contributed by atoms with van der Waals surface area (Å²) in [5.41, 5.74) is 3.52. The van der Waals surface area contributed by atoms with E-state index in [9.17, 15) is 8.78 Å². The van der Waals surface area contributed by atoms with Crippen LogP contribution < -0.4 is 4.74 Å². The van der Waals surface area contributed by atoms with Crippen LogP contribution in [0.15, 0.2) is 48.5 Å². The lowest BCUT2D eigenvalue weighted by Gasteiger charge is -2.20. The van der Waals surface area contributed by atoms with E-state index in [4.69, 9.17) is 4.74 Å². The number of likely N-dealkylation sites (N-methyl/N-ethyl adjacent to an activating group) is 1. The van der Waals surface area contributed by atoms with Crippen LogP contribution in [0.4, 0.5) is 8.78 Å². The van der Waals surface area contributed by atoms with Crippen LogP contribution >= 0.6 is 12.4 Å². The number of alkyl halides is 2. The minimum atomic E-state index is -2.41. The maximum atomic E-state index is 12.5. The number of fused-ring (bicyclic) bond motifs is 1. The number of halogens is 3. The minimum absolute atomic E-state index is 0. The van der Waals surface area contributed by atoms with Gasteiger partial charge in [-0.3, -0.25) is 4.90 Å². The van der Waals surface area contributed by atoms with Crippen LogP contribution in [0.1, 0.15) is 35.1 Å². The summed E-state index contributed by atoms with van der Waals surface area (Å²) in [6.07, 6.45) is 3.78. The fourth-order valence-electron chi connectivity index (χ4n) is 2.98. The lowest BCUT2D eigenvalue weighted by Crippen LogP contribution is -2.18. The van der Waals surface area contributed by atoms with Crippen LogP contribution in [0.2, 0.25) is 0 Å². The topological polar surface area (TPSA) is 12.5 Å². The smallest absolute Gasteiger partial charge is 0.263 e. The highest BCUT2D eigenvalue weighted by Crippen LogP contribution is 2.26. The number of hydrogen-bond donors (Lipinski definition) is 0. The molecule has 0 aliphatic carbocycles. The number of aryl methyl sites for hydroxylation is 1. The van der Waals surface area contributed by atoms with Gasteiger partial charge in [0.15, 0.2) is 0 Å². The van der Waals surface area contributed by atoms with Crippen molar-refractivity contribution in [3.63, 3.8) is 0 Å². The Morgan fingerprint density at radius 1 is 1.15 bits per heavy atom. The Balaban J connectivity index is 0.00000243. The molecule has 0 saturated heterocycles. The van der Waals surface area contributed by atoms with Crippen LogP contribution in [0.25, 0.3) is 6.08 Å². The van der Waals surface area contributed by atoms with Crippen molar-refractivity contribution in [1.82, 2.24) is 4.90 Å². The molecule has 1 aliphatic rings. The lowest BCUT2D eigenvalue weighted by atomic mass is 10.0. The molecule has 5 heteroatoms. The molecule has 0 spiro atoms. The summed E-state index contributed by atoms with van der Waals surface area (Å²) in [5.74, 6) is 1.02. The zero-order valence-corrected chi connectivity index (χ0v) is 15.6. The highest BCUT2D eigenvalue weighted by atomic mass is 35.5. The Kier molecular flexibility index (Phi) is 7.61. The SMILES string of the molecule is CN(C/C=C/c1ccc(C(F)F)cc1)Cc1ccc2c(c1)OCCC2.Cl. The second-order valence-electron chi connectivity index (χ2n) is 6.46. The number of nitrogens with zero attached hydrogens (tertiary/aromatic N) is 1. The lowest BCUT2D eigenvalue weighted by molar-refractivity contribution is 0.151.